The number of pyridine rings is 1. The van der Waals surface area contributed by atoms with E-state index in [9.17, 15) is 4.79 Å². The molecule has 0 fully saturated rings. The number of carboxylic acid groups (broad SMARTS) is 1. The van der Waals surface area contributed by atoms with Crippen molar-refractivity contribution in [3.8, 4) is 11.3 Å². The molecule has 1 aromatic heterocycles. The van der Waals surface area contributed by atoms with E-state index in [0.29, 0.717) is 0 Å². The van der Waals surface area contributed by atoms with Crippen LogP contribution in [0.15, 0.2) is 36.5 Å². The van der Waals surface area contributed by atoms with E-state index in [4.69, 9.17) is 10.8 Å². The highest BCUT2D eigenvalue weighted by Crippen LogP contribution is 2.27. The zero-order valence-electron chi connectivity index (χ0n) is 11.6. The number of nitrogens with zero attached hydrogens (tertiary/aromatic N) is 1. The summed E-state index contributed by atoms with van der Waals surface area (Å²) < 4.78 is 0. The number of carbonyl (C=O) groups is 1. The van der Waals surface area contributed by atoms with E-state index in [1.165, 1.54) is 0 Å². The van der Waals surface area contributed by atoms with Gasteiger partial charge >= 0.3 is 5.97 Å². The van der Waals surface area contributed by atoms with Crippen LogP contribution in [0, 0.1) is 13.8 Å². The molecule has 0 aliphatic heterocycles. The Balaban J connectivity index is 2.42. The number of rotatable bonds is 4. The lowest BCUT2D eigenvalue weighted by molar-refractivity contribution is -0.137. The molecule has 0 amide bonds. The topological polar surface area (TPSA) is 76.2 Å². The molecule has 104 valence electrons. The summed E-state index contributed by atoms with van der Waals surface area (Å²) in [6.45, 7) is 4.07. The predicted molar refractivity (Wildman–Crippen MR) is 78.3 cm³/mol. The van der Waals surface area contributed by atoms with Crippen molar-refractivity contribution in [2.45, 2.75) is 26.3 Å². The van der Waals surface area contributed by atoms with E-state index >= 15 is 0 Å². The SMILES string of the molecule is Cc1cccc(C)c1-c1cc(C(N)CC(=O)O)ccn1. The molecule has 0 saturated carbocycles. The fraction of sp³-hybridized carbons (Fsp3) is 0.250. The van der Waals surface area contributed by atoms with Gasteiger partial charge in [-0.3, -0.25) is 9.78 Å². The van der Waals surface area contributed by atoms with Crippen molar-refractivity contribution in [1.29, 1.82) is 0 Å². The molecule has 3 N–H and O–H groups in total. The molecule has 2 rings (SSSR count). The first-order valence-electron chi connectivity index (χ1n) is 6.49. The molecule has 4 heteroatoms. The zero-order valence-corrected chi connectivity index (χ0v) is 11.6. The van der Waals surface area contributed by atoms with Crippen molar-refractivity contribution in [1.82, 2.24) is 4.98 Å². The zero-order chi connectivity index (χ0) is 14.7. The molecule has 1 aromatic carbocycles. The number of nitrogens with two attached hydrogens (primary N) is 1. The second-order valence-corrected chi connectivity index (χ2v) is 4.95. The van der Waals surface area contributed by atoms with Crippen LogP contribution in [0.1, 0.15) is 29.2 Å². The van der Waals surface area contributed by atoms with Crippen LogP contribution in [0.25, 0.3) is 11.3 Å². The predicted octanol–water partition coefficient (Wildman–Crippen LogP) is 2.84. The number of benzene rings is 1. The summed E-state index contributed by atoms with van der Waals surface area (Å²) in [4.78, 5) is 15.1. The first-order chi connectivity index (χ1) is 9.49. The molecule has 0 bridgehead atoms. The second-order valence-electron chi connectivity index (χ2n) is 4.95. The quantitative estimate of drug-likeness (QED) is 0.895. The first-order valence-corrected chi connectivity index (χ1v) is 6.49. The Morgan fingerprint density at radius 1 is 1.30 bits per heavy atom. The molecule has 4 nitrogen and oxygen atoms in total. The maximum absolute atomic E-state index is 10.8. The fourth-order valence-corrected chi connectivity index (χ4v) is 2.34. The van der Waals surface area contributed by atoms with Crippen LogP contribution in [0.4, 0.5) is 0 Å². The van der Waals surface area contributed by atoms with Gasteiger partial charge in [0.15, 0.2) is 0 Å². The highest BCUT2D eigenvalue weighted by molar-refractivity contribution is 5.69. The summed E-state index contributed by atoms with van der Waals surface area (Å²) in [5, 5.41) is 8.82. The van der Waals surface area contributed by atoms with Crippen LogP contribution in [0.5, 0.6) is 0 Å². The molecule has 0 radical (unpaired) electrons. The minimum absolute atomic E-state index is 0.0871. The Labute approximate surface area is 118 Å². The third kappa shape index (κ3) is 3.03. The van der Waals surface area contributed by atoms with E-state index in [1.807, 2.05) is 38.1 Å². The normalized spacial score (nSPS) is 12.2. The number of hydrogen-bond donors (Lipinski definition) is 2. The van der Waals surface area contributed by atoms with Crippen LogP contribution in [-0.2, 0) is 4.79 Å². The van der Waals surface area contributed by atoms with E-state index in [0.717, 1.165) is 27.9 Å². The van der Waals surface area contributed by atoms with E-state index in [2.05, 4.69) is 4.98 Å². The van der Waals surface area contributed by atoms with E-state index in [1.54, 1.807) is 12.3 Å². The highest BCUT2D eigenvalue weighted by atomic mass is 16.4. The summed E-state index contributed by atoms with van der Waals surface area (Å²) >= 11 is 0. The Bertz CT molecular complexity index is 618. The molecule has 0 spiro atoms. The number of aliphatic carboxylic acids is 1. The maximum Gasteiger partial charge on any atom is 0.305 e. The molecular formula is C16H18N2O2. The largest absolute Gasteiger partial charge is 0.481 e. The number of aromatic nitrogens is 1. The Hall–Kier alpha value is -2.20. The van der Waals surface area contributed by atoms with Gasteiger partial charge in [-0.05, 0) is 42.7 Å². The summed E-state index contributed by atoms with van der Waals surface area (Å²) in [6, 6.07) is 9.21. The molecule has 0 aliphatic rings. The molecule has 1 atom stereocenters. The van der Waals surface area contributed by atoms with Gasteiger partial charge in [0.05, 0.1) is 12.1 Å². The molecular weight excluding hydrogens is 252 g/mol. The van der Waals surface area contributed by atoms with Crippen LogP contribution < -0.4 is 5.73 Å². The van der Waals surface area contributed by atoms with Crippen molar-refractivity contribution in [3.63, 3.8) is 0 Å². The lowest BCUT2D eigenvalue weighted by Crippen LogP contribution is -2.15. The third-order valence-corrected chi connectivity index (χ3v) is 3.34. The van der Waals surface area contributed by atoms with Gasteiger partial charge in [-0.2, -0.15) is 0 Å². The van der Waals surface area contributed by atoms with Crippen LogP contribution in [0.3, 0.4) is 0 Å². The van der Waals surface area contributed by atoms with Crippen LogP contribution in [0.2, 0.25) is 0 Å². The second kappa shape index (κ2) is 5.84. The van der Waals surface area contributed by atoms with Crippen LogP contribution >= 0.6 is 0 Å². The van der Waals surface area contributed by atoms with Gasteiger partial charge < -0.3 is 10.8 Å². The highest BCUT2D eigenvalue weighted by Gasteiger charge is 2.13. The standard InChI is InChI=1S/C16H18N2O2/c1-10-4-3-5-11(2)16(10)14-8-12(6-7-18-14)13(17)9-15(19)20/h3-8,13H,9,17H2,1-2H3,(H,19,20). The van der Waals surface area contributed by atoms with Crippen molar-refractivity contribution in [3.05, 3.63) is 53.2 Å². The van der Waals surface area contributed by atoms with Crippen molar-refractivity contribution in [2.24, 2.45) is 5.73 Å². The summed E-state index contributed by atoms with van der Waals surface area (Å²) in [6.07, 6.45) is 1.59. The van der Waals surface area contributed by atoms with E-state index in [-0.39, 0.29) is 6.42 Å². The molecule has 1 heterocycles. The van der Waals surface area contributed by atoms with Gasteiger partial charge in [0.1, 0.15) is 0 Å². The molecule has 2 aromatic rings. The molecule has 0 aliphatic carbocycles. The molecule has 20 heavy (non-hydrogen) atoms. The van der Waals surface area contributed by atoms with Gasteiger partial charge in [0.25, 0.3) is 0 Å². The van der Waals surface area contributed by atoms with Crippen molar-refractivity contribution in [2.75, 3.05) is 0 Å². The minimum Gasteiger partial charge on any atom is -0.481 e. The lowest BCUT2D eigenvalue weighted by atomic mass is 9.97. The Morgan fingerprint density at radius 3 is 2.55 bits per heavy atom. The Morgan fingerprint density at radius 2 is 1.95 bits per heavy atom. The smallest absolute Gasteiger partial charge is 0.305 e. The van der Waals surface area contributed by atoms with Gasteiger partial charge in [-0.25, -0.2) is 0 Å². The summed E-state index contributed by atoms with van der Waals surface area (Å²) in [5.74, 6) is -0.900. The van der Waals surface area contributed by atoms with Gasteiger partial charge in [-0.1, -0.05) is 18.2 Å². The maximum atomic E-state index is 10.8. The summed E-state index contributed by atoms with van der Waals surface area (Å²) in [5.41, 5.74) is 10.9. The Kier molecular flexibility index (Phi) is 4.15. The lowest BCUT2D eigenvalue weighted by Gasteiger charge is -2.13. The average Bonchev–Trinajstić information content (AvgIpc) is 2.38. The number of aryl methyl sites for hydroxylation is 2. The van der Waals surface area contributed by atoms with Crippen molar-refractivity contribution < 1.29 is 9.90 Å². The van der Waals surface area contributed by atoms with E-state index < -0.39 is 12.0 Å². The van der Waals surface area contributed by atoms with Gasteiger partial charge in [0, 0.05) is 17.8 Å². The van der Waals surface area contributed by atoms with Crippen LogP contribution in [-0.4, -0.2) is 16.1 Å². The fourth-order valence-electron chi connectivity index (χ4n) is 2.34. The van der Waals surface area contributed by atoms with Gasteiger partial charge in [-0.15, -0.1) is 0 Å². The number of carboxylic acids is 1. The van der Waals surface area contributed by atoms with Crippen molar-refractivity contribution >= 4 is 5.97 Å². The number of hydrogen-bond acceptors (Lipinski definition) is 3. The third-order valence-electron chi connectivity index (χ3n) is 3.34. The molecule has 1 unspecified atom stereocenters. The minimum atomic E-state index is -0.900. The first kappa shape index (κ1) is 14.2. The monoisotopic (exact) mass is 270 g/mol. The summed E-state index contributed by atoms with van der Waals surface area (Å²) in [7, 11) is 0. The average molecular weight is 270 g/mol. The molecule has 0 saturated heterocycles. The van der Waals surface area contributed by atoms with Gasteiger partial charge in [0.2, 0.25) is 0 Å².